The Morgan fingerprint density at radius 3 is 2.33 bits per heavy atom. The zero-order valence-corrected chi connectivity index (χ0v) is 11.0. The van der Waals surface area contributed by atoms with Crippen molar-refractivity contribution in [3.05, 3.63) is 42.6 Å². The van der Waals surface area contributed by atoms with Crippen molar-refractivity contribution in [2.45, 2.75) is 26.4 Å². The van der Waals surface area contributed by atoms with E-state index in [0.717, 1.165) is 6.23 Å². The Hall–Kier alpha value is -0.863. The normalized spacial score (nSPS) is 13.5. The van der Waals surface area contributed by atoms with E-state index in [1.807, 2.05) is 6.07 Å². The number of benzene rings is 1. The lowest BCUT2D eigenvalue weighted by Gasteiger charge is -2.22. The summed E-state index contributed by atoms with van der Waals surface area (Å²) >= 11 is 0. The standard InChI is InChI=1S/C13H20OSi/c1-5-15(11-14-13(2,3)4)12-9-7-6-8-10-12/h5-10,15H,1,11H2,2-4H3. The molecule has 0 bridgehead atoms. The predicted molar refractivity (Wildman–Crippen MR) is 69.1 cm³/mol. The first-order valence-electron chi connectivity index (χ1n) is 5.34. The van der Waals surface area contributed by atoms with Gasteiger partial charge in [-0.2, -0.15) is 0 Å². The molecule has 0 N–H and O–H groups in total. The van der Waals surface area contributed by atoms with Gasteiger partial charge in [-0.1, -0.05) is 41.2 Å². The average molecular weight is 220 g/mol. The zero-order valence-electron chi connectivity index (χ0n) is 9.86. The lowest BCUT2D eigenvalue weighted by atomic mass is 10.2. The first-order chi connectivity index (χ1) is 7.03. The molecule has 0 radical (unpaired) electrons. The minimum atomic E-state index is -1.13. The molecule has 1 atom stereocenters. The second-order valence-corrected chi connectivity index (χ2v) is 7.36. The van der Waals surface area contributed by atoms with Crippen LogP contribution in [0.15, 0.2) is 42.6 Å². The van der Waals surface area contributed by atoms with E-state index in [2.05, 4.69) is 57.3 Å². The topological polar surface area (TPSA) is 9.23 Å². The van der Waals surface area contributed by atoms with Gasteiger partial charge in [0.15, 0.2) is 0 Å². The third-order valence-electron chi connectivity index (χ3n) is 2.21. The summed E-state index contributed by atoms with van der Waals surface area (Å²) in [5.74, 6) is 0. The van der Waals surface area contributed by atoms with Crippen LogP contribution in [-0.2, 0) is 4.74 Å². The molecule has 0 heterocycles. The highest BCUT2D eigenvalue weighted by atomic mass is 28.3. The SMILES string of the molecule is C=C[SiH](COC(C)(C)C)c1ccccc1. The van der Waals surface area contributed by atoms with E-state index < -0.39 is 8.80 Å². The van der Waals surface area contributed by atoms with Crippen LogP contribution in [0.3, 0.4) is 0 Å². The monoisotopic (exact) mass is 220 g/mol. The van der Waals surface area contributed by atoms with E-state index >= 15 is 0 Å². The van der Waals surface area contributed by atoms with Crippen LogP contribution in [0, 0.1) is 0 Å². The van der Waals surface area contributed by atoms with Crippen molar-refractivity contribution in [1.29, 1.82) is 0 Å². The fourth-order valence-corrected chi connectivity index (χ4v) is 3.34. The summed E-state index contributed by atoms with van der Waals surface area (Å²) < 4.78 is 5.83. The molecule has 1 nitrogen and oxygen atoms in total. The minimum absolute atomic E-state index is 0.0525. The van der Waals surface area contributed by atoms with Crippen LogP contribution >= 0.6 is 0 Å². The molecule has 1 aromatic rings. The molecule has 2 heteroatoms. The van der Waals surface area contributed by atoms with E-state index in [9.17, 15) is 0 Å². The van der Waals surface area contributed by atoms with Gasteiger partial charge in [0.1, 0.15) is 8.80 Å². The van der Waals surface area contributed by atoms with Crippen LogP contribution in [-0.4, -0.2) is 20.6 Å². The lowest BCUT2D eigenvalue weighted by molar-refractivity contribution is 0.0243. The molecule has 1 rings (SSSR count). The third kappa shape index (κ3) is 4.45. The van der Waals surface area contributed by atoms with Crippen LogP contribution in [0.1, 0.15) is 20.8 Å². The van der Waals surface area contributed by atoms with E-state index in [1.54, 1.807) is 0 Å². The number of hydrogen-bond donors (Lipinski definition) is 0. The Bertz CT molecular complexity index is 300. The molecule has 1 unspecified atom stereocenters. The molecule has 0 amide bonds. The summed E-state index contributed by atoms with van der Waals surface area (Å²) in [5, 5.41) is 1.40. The lowest BCUT2D eigenvalue weighted by Crippen LogP contribution is -2.36. The third-order valence-corrected chi connectivity index (χ3v) is 4.54. The molecule has 0 aliphatic rings. The highest BCUT2D eigenvalue weighted by Crippen LogP contribution is 2.07. The van der Waals surface area contributed by atoms with E-state index in [1.165, 1.54) is 5.19 Å². The van der Waals surface area contributed by atoms with E-state index in [4.69, 9.17) is 4.74 Å². The van der Waals surface area contributed by atoms with Gasteiger partial charge >= 0.3 is 0 Å². The molecular weight excluding hydrogens is 200 g/mol. The molecule has 0 fully saturated rings. The number of hydrogen-bond acceptors (Lipinski definition) is 1. The molecule has 1 aromatic carbocycles. The van der Waals surface area contributed by atoms with Gasteiger partial charge in [-0.25, -0.2) is 0 Å². The summed E-state index contributed by atoms with van der Waals surface area (Å²) in [4.78, 5) is 0. The Labute approximate surface area is 94.4 Å². The van der Waals surface area contributed by atoms with Crippen LogP contribution in [0.25, 0.3) is 0 Å². The van der Waals surface area contributed by atoms with Gasteiger partial charge in [-0.15, -0.1) is 6.58 Å². The summed E-state index contributed by atoms with van der Waals surface area (Å²) in [6.45, 7) is 10.2. The van der Waals surface area contributed by atoms with Crippen LogP contribution in [0.5, 0.6) is 0 Å². The molecule has 0 aromatic heterocycles. The van der Waals surface area contributed by atoms with E-state index in [-0.39, 0.29) is 5.60 Å². The summed E-state index contributed by atoms with van der Waals surface area (Å²) in [6.07, 6.45) is 0.830. The van der Waals surface area contributed by atoms with Gasteiger partial charge in [-0.05, 0) is 20.8 Å². The van der Waals surface area contributed by atoms with Gasteiger partial charge < -0.3 is 4.74 Å². The Kier molecular flexibility index (Phi) is 4.30. The summed E-state index contributed by atoms with van der Waals surface area (Å²) in [6, 6.07) is 10.5. The molecule has 15 heavy (non-hydrogen) atoms. The summed E-state index contributed by atoms with van der Waals surface area (Å²) in [5.41, 5.74) is 2.03. The maximum absolute atomic E-state index is 5.83. The van der Waals surface area contributed by atoms with Gasteiger partial charge in [-0.3, -0.25) is 0 Å². The first-order valence-corrected chi connectivity index (χ1v) is 7.40. The molecule has 0 aliphatic heterocycles. The molecule has 0 saturated heterocycles. The minimum Gasteiger partial charge on any atom is -0.379 e. The molecule has 0 spiro atoms. The Morgan fingerprint density at radius 2 is 1.87 bits per heavy atom. The second-order valence-electron chi connectivity index (χ2n) is 4.68. The molecule has 0 saturated carbocycles. The van der Waals surface area contributed by atoms with Crippen molar-refractivity contribution < 1.29 is 4.74 Å². The summed E-state index contributed by atoms with van der Waals surface area (Å²) in [7, 11) is -1.13. The van der Waals surface area contributed by atoms with Gasteiger partial charge in [0.2, 0.25) is 0 Å². The fourth-order valence-electron chi connectivity index (χ4n) is 1.34. The molecular formula is C13H20OSi. The number of rotatable bonds is 4. The molecule has 82 valence electrons. The van der Waals surface area contributed by atoms with Crippen molar-refractivity contribution in [3.8, 4) is 0 Å². The van der Waals surface area contributed by atoms with Crippen LogP contribution < -0.4 is 5.19 Å². The number of ether oxygens (including phenoxy) is 1. The van der Waals surface area contributed by atoms with Crippen molar-refractivity contribution in [2.75, 3.05) is 6.23 Å². The Morgan fingerprint density at radius 1 is 1.27 bits per heavy atom. The van der Waals surface area contributed by atoms with Gasteiger partial charge in [0, 0.05) is 6.23 Å². The van der Waals surface area contributed by atoms with Crippen molar-refractivity contribution in [2.24, 2.45) is 0 Å². The largest absolute Gasteiger partial charge is 0.379 e. The quantitative estimate of drug-likeness (QED) is 0.707. The fraction of sp³-hybridized carbons (Fsp3) is 0.385. The van der Waals surface area contributed by atoms with Gasteiger partial charge in [0.25, 0.3) is 0 Å². The van der Waals surface area contributed by atoms with Crippen molar-refractivity contribution in [3.63, 3.8) is 0 Å². The second kappa shape index (κ2) is 5.28. The highest BCUT2D eigenvalue weighted by Gasteiger charge is 2.15. The van der Waals surface area contributed by atoms with Crippen molar-refractivity contribution >= 4 is 14.0 Å². The zero-order chi connectivity index (χ0) is 11.3. The van der Waals surface area contributed by atoms with Crippen molar-refractivity contribution in [1.82, 2.24) is 0 Å². The maximum atomic E-state index is 5.83. The highest BCUT2D eigenvalue weighted by molar-refractivity contribution is 6.77. The first kappa shape index (κ1) is 12.2. The van der Waals surface area contributed by atoms with Crippen LogP contribution in [0.2, 0.25) is 0 Å². The van der Waals surface area contributed by atoms with E-state index in [0.29, 0.717) is 0 Å². The maximum Gasteiger partial charge on any atom is 0.122 e. The predicted octanol–water partition coefficient (Wildman–Crippen LogP) is 2.20. The smallest absolute Gasteiger partial charge is 0.122 e. The van der Waals surface area contributed by atoms with Crippen LogP contribution in [0.4, 0.5) is 0 Å². The van der Waals surface area contributed by atoms with Gasteiger partial charge in [0.05, 0.1) is 5.60 Å². The Balaban J connectivity index is 2.62. The average Bonchev–Trinajstić information content (AvgIpc) is 2.19. The molecule has 0 aliphatic carbocycles.